The van der Waals surface area contributed by atoms with E-state index in [0.29, 0.717) is 16.5 Å². The van der Waals surface area contributed by atoms with Gasteiger partial charge in [-0.15, -0.1) is 0 Å². The summed E-state index contributed by atoms with van der Waals surface area (Å²) in [5, 5.41) is 3.69. The first-order valence-corrected chi connectivity index (χ1v) is 6.28. The van der Waals surface area contributed by atoms with E-state index in [1.54, 1.807) is 12.1 Å². The Morgan fingerprint density at radius 3 is 3.00 bits per heavy atom. The van der Waals surface area contributed by atoms with Crippen molar-refractivity contribution in [1.82, 2.24) is 10.2 Å². The zero-order valence-electron chi connectivity index (χ0n) is 9.95. The van der Waals surface area contributed by atoms with Gasteiger partial charge in [-0.05, 0) is 38.1 Å². The first kappa shape index (κ1) is 12.4. The number of benzene rings is 1. The minimum atomic E-state index is 0.0502. The number of hydrogen-bond acceptors (Lipinski definition) is 2. The molecule has 1 aliphatic rings. The van der Waals surface area contributed by atoms with Crippen LogP contribution in [0.1, 0.15) is 16.8 Å². The van der Waals surface area contributed by atoms with Crippen molar-refractivity contribution in [2.24, 2.45) is 5.92 Å². The standard InChI is InChI=1S/C13H17ClN2O/c1-15-8-10-6-7-16(9-10)13(17)11-4-2-3-5-12(11)14/h2-5,10,15H,6-9H2,1H3/t10-/m1/s1. The van der Waals surface area contributed by atoms with Crippen LogP contribution in [0.25, 0.3) is 0 Å². The van der Waals surface area contributed by atoms with Crippen molar-refractivity contribution >= 4 is 17.5 Å². The van der Waals surface area contributed by atoms with E-state index in [9.17, 15) is 4.79 Å². The zero-order valence-corrected chi connectivity index (χ0v) is 10.7. The minimum absolute atomic E-state index is 0.0502. The lowest BCUT2D eigenvalue weighted by molar-refractivity contribution is 0.0787. The largest absolute Gasteiger partial charge is 0.338 e. The van der Waals surface area contributed by atoms with Crippen LogP contribution in [-0.2, 0) is 0 Å². The topological polar surface area (TPSA) is 32.3 Å². The van der Waals surface area contributed by atoms with Crippen molar-refractivity contribution in [1.29, 1.82) is 0 Å². The van der Waals surface area contributed by atoms with Gasteiger partial charge in [0.15, 0.2) is 0 Å². The molecule has 1 heterocycles. The Morgan fingerprint density at radius 2 is 2.29 bits per heavy atom. The van der Waals surface area contributed by atoms with Gasteiger partial charge in [0.2, 0.25) is 0 Å². The van der Waals surface area contributed by atoms with Gasteiger partial charge in [-0.25, -0.2) is 0 Å². The molecule has 1 fully saturated rings. The zero-order chi connectivity index (χ0) is 12.3. The summed E-state index contributed by atoms with van der Waals surface area (Å²) < 4.78 is 0. The molecule has 1 atom stereocenters. The molecule has 1 aromatic rings. The molecule has 17 heavy (non-hydrogen) atoms. The summed E-state index contributed by atoms with van der Waals surface area (Å²) in [4.78, 5) is 14.1. The summed E-state index contributed by atoms with van der Waals surface area (Å²) in [6, 6.07) is 7.24. The van der Waals surface area contributed by atoms with Gasteiger partial charge in [0, 0.05) is 13.1 Å². The molecule has 0 unspecified atom stereocenters. The Hall–Kier alpha value is -1.06. The van der Waals surface area contributed by atoms with Gasteiger partial charge < -0.3 is 10.2 Å². The lowest BCUT2D eigenvalue weighted by Gasteiger charge is -2.17. The Morgan fingerprint density at radius 1 is 1.53 bits per heavy atom. The summed E-state index contributed by atoms with van der Waals surface area (Å²) >= 11 is 6.04. The highest BCUT2D eigenvalue weighted by molar-refractivity contribution is 6.33. The van der Waals surface area contributed by atoms with Gasteiger partial charge >= 0.3 is 0 Å². The van der Waals surface area contributed by atoms with Crippen molar-refractivity contribution in [2.45, 2.75) is 6.42 Å². The fourth-order valence-corrected chi connectivity index (χ4v) is 2.49. The fraction of sp³-hybridized carbons (Fsp3) is 0.462. The SMILES string of the molecule is CNC[C@H]1CCN(C(=O)c2ccccc2Cl)C1. The van der Waals surface area contributed by atoms with Crippen LogP contribution in [-0.4, -0.2) is 37.5 Å². The third-order valence-corrected chi connectivity index (χ3v) is 3.50. The predicted molar refractivity (Wildman–Crippen MR) is 69.4 cm³/mol. The fourth-order valence-electron chi connectivity index (χ4n) is 2.28. The number of nitrogens with zero attached hydrogens (tertiary/aromatic N) is 1. The summed E-state index contributed by atoms with van der Waals surface area (Å²) in [5.41, 5.74) is 0.610. The van der Waals surface area contributed by atoms with E-state index in [1.165, 1.54) is 0 Å². The smallest absolute Gasteiger partial charge is 0.255 e. The van der Waals surface area contributed by atoms with Gasteiger partial charge in [0.05, 0.1) is 10.6 Å². The van der Waals surface area contributed by atoms with E-state index >= 15 is 0 Å². The second kappa shape index (κ2) is 5.52. The van der Waals surface area contributed by atoms with E-state index in [1.807, 2.05) is 24.1 Å². The maximum absolute atomic E-state index is 12.2. The molecule has 1 N–H and O–H groups in total. The van der Waals surface area contributed by atoms with E-state index in [2.05, 4.69) is 5.32 Å². The lowest BCUT2D eigenvalue weighted by Crippen LogP contribution is -2.30. The highest BCUT2D eigenvalue weighted by Crippen LogP contribution is 2.22. The molecule has 0 aromatic heterocycles. The van der Waals surface area contributed by atoms with Crippen LogP contribution in [0.15, 0.2) is 24.3 Å². The third kappa shape index (κ3) is 2.79. The Kier molecular flexibility index (Phi) is 4.02. The number of halogens is 1. The third-order valence-electron chi connectivity index (χ3n) is 3.17. The molecule has 1 saturated heterocycles. The number of amides is 1. The van der Waals surface area contributed by atoms with Gasteiger partial charge in [-0.3, -0.25) is 4.79 Å². The Balaban J connectivity index is 2.05. The predicted octanol–water partition coefficient (Wildman–Crippen LogP) is 2.02. The summed E-state index contributed by atoms with van der Waals surface area (Å²) in [6.07, 6.45) is 1.07. The number of likely N-dealkylation sites (tertiary alicyclic amines) is 1. The molecule has 3 nitrogen and oxygen atoms in total. The number of carbonyl (C=O) groups is 1. The van der Waals surface area contributed by atoms with Crippen LogP contribution < -0.4 is 5.32 Å². The minimum Gasteiger partial charge on any atom is -0.338 e. The average molecular weight is 253 g/mol. The molecule has 0 saturated carbocycles. The molecule has 0 bridgehead atoms. The molecule has 0 spiro atoms. The highest BCUT2D eigenvalue weighted by Gasteiger charge is 2.27. The Bertz CT molecular complexity index is 408. The second-order valence-corrected chi connectivity index (χ2v) is 4.85. The van der Waals surface area contributed by atoms with Gasteiger partial charge in [0.25, 0.3) is 5.91 Å². The molecule has 2 rings (SSSR count). The van der Waals surface area contributed by atoms with Crippen molar-refractivity contribution in [2.75, 3.05) is 26.7 Å². The lowest BCUT2D eigenvalue weighted by atomic mass is 10.1. The number of hydrogen-bond donors (Lipinski definition) is 1. The Labute approximate surface area is 107 Å². The monoisotopic (exact) mass is 252 g/mol. The average Bonchev–Trinajstić information content (AvgIpc) is 2.78. The quantitative estimate of drug-likeness (QED) is 0.893. The maximum Gasteiger partial charge on any atom is 0.255 e. The van der Waals surface area contributed by atoms with Crippen LogP contribution in [0.5, 0.6) is 0 Å². The first-order valence-electron chi connectivity index (χ1n) is 5.90. The molecule has 0 radical (unpaired) electrons. The van der Waals surface area contributed by atoms with Crippen molar-refractivity contribution in [3.8, 4) is 0 Å². The number of rotatable bonds is 3. The molecule has 4 heteroatoms. The van der Waals surface area contributed by atoms with Crippen LogP contribution >= 0.6 is 11.6 Å². The second-order valence-electron chi connectivity index (χ2n) is 4.44. The molecular weight excluding hydrogens is 236 g/mol. The van der Waals surface area contributed by atoms with Gasteiger partial charge in [-0.2, -0.15) is 0 Å². The molecular formula is C13H17ClN2O. The molecule has 1 amide bonds. The summed E-state index contributed by atoms with van der Waals surface area (Å²) in [6.45, 7) is 2.62. The molecule has 0 aliphatic carbocycles. The van der Waals surface area contributed by atoms with E-state index in [0.717, 1.165) is 26.1 Å². The van der Waals surface area contributed by atoms with E-state index < -0.39 is 0 Å². The van der Waals surface area contributed by atoms with Gasteiger partial charge in [0.1, 0.15) is 0 Å². The van der Waals surface area contributed by atoms with Gasteiger partial charge in [-0.1, -0.05) is 23.7 Å². The van der Waals surface area contributed by atoms with Crippen LogP contribution in [0.3, 0.4) is 0 Å². The van der Waals surface area contributed by atoms with Crippen LogP contribution in [0.2, 0.25) is 5.02 Å². The van der Waals surface area contributed by atoms with Crippen molar-refractivity contribution < 1.29 is 4.79 Å². The van der Waals surface area contributed by atoms with Crippen molar-refractivity contribution in [3.05, 3.63) is 34.9 Å². The van der Waals surface area contributed by atoms with Crippen LogP contribution in [0, 0.1) is 5.92 Å². The normalized spacial score (nSPS) is 19.6. The summed E-state index contributed by atoms with van der Waals surface area (Å²) in [5.74, 6) is 0.612. The first-order chi connectivity index (χ1) is 8.22. The van der Waals surface area contributed by atoms with E-state index in [4.69, 9.17) is 11.6 Å². The van der Waals surface area contributed by atoms with Crippen LogP contribution in [0.4, 0.5) is 0 Å². The molecule has 1 aromatic carbocycles. The highest BCUT2D eigenvalue weighted by atomic mass is 35.5. The maximum atomic E-state index is 12.2. The van der Waals surface area contributed by atoms with Crippen molar-refractivity contribution in [3.63, 3.8) is 0 Å². The molecule has 1 aliphatic heterocycles. The molecule has 92 valence electrons. The number of nitrogens with one attached hydrogen (secondary N) is 1. The summed E-state index contributed by atoms with van der Waals surface area (Å²) in [7, 11) is 1.94. The number of carbonyl (C=O) groups excluding carboxylic acids is 1. The van der Waals surface area contributed by atoms with E-state index in [-0.39, 0.29) is 5.91 Å².